The maximum Gasteiger partial charge on any atom is 0.0535 e. The first-order valence-corrected chi connectivity index (χ1v) is 12.3. The zero-order chi connectivity index (χ0) is 18.5. The second-order valence-corrected chi connectivity index (χ2v) is 11.1. The van der Waals surface area contributed by atoms with E-state index in [0.717, 1.165) is 0 Å². The van der Waals surface area contributed by atoms with E-state index in [1.165, 1.54) is 44.2 Å². The lowest BCUT2D eigenvalue weighted by Gasteiger charge is -2.05. The van der Waals surface area contributed by atoms with Crippen LogP contribution in [0.3, 0.4) is 0 Å². The summed E-state index contributed by atoms with van der Waals surface area (Å²) in [7, 11) is 0.472. The number of nitrogens with one attached hydrogen (secondary N) is 1. The Hall–Kier alpha value is -1.88. The quantitative estimate of drug-likeness (QED) is 0.387. The maximum atomic E-state index is 3.51. The highest BCUT2D eigenvalue weighted by Gasteiger charge is 2.16. The second kappa shape index (κ2) is 6.62. The third-order valence-electron chi connectivity index (χ3n) is 5.66. The summed E-state index contributed by atoms with van der Waals surface area (Å²) >= 11 is 3.94. The standard InChI is InChI=1S/C15H15N.C8H6S2Si/c1-9-8-13-12-6-4-5-7-14(12)16-15(13)11(3)10(9)2;1-3-10-8-5(1)7-6(11-8)2-4-9-7/h4-8,16H,1-3H3;1-3,11H,4H2. The number of benzene rings is 2. The summed E-state index contributed by atoms with van der Waals surface area (Å²) in [5.74, 6) is 1.22. The molecule has 2 aromatic carbocycles. The number of thiophene rings is 1. The van der Waals surface area contributed by atoms with Crippen LogP contribution < -0.4 is 5.22 Å². The first-order valence-electron chi connectivity index (χ1n) is 9.23. The zero-order valence-electron chi connectivity index (χ0n) is 15.7. The second-order valence-electron chi connectivity index (χ2n) is 7.18. The molecule has 1 N–H and O–H groups in total. The normalized spacial score (nSPS) is 14.6. The van der Waals surface area contributed by atoms with Gasteiger partial charge in [-0.1, -0.05) is 24.3 Å². The topological polar surface area (TPSA) is 15.8 Å². The molecule has 0 spiro atoms. The Labute approximate surface area is 169 Å². The molecule has 6 rings (SSSR count). The Balaban J connectivity index is 0.000000127. The third-order valence-corrected chi connectivity index (χ3v) is 9.86. The highest BCUT2D eigenvalue weighted by Crippen LogP contribution is 2.32. The molecule has 2 aromatic heterocycles. The number of aromatic amines is 1. The molecule has 4 aromatic rings. The summed E-state index contributed by atoms with van der Waals surface area (Å²) in [6, 6.07) is 13.1. The predicted molar refractivity (Wildman–Crippen MR) is 124 cm³/mol. The summed E-state index contributed by atoms with van der Waals surface area (Å²) in [5, 5.41) is 8.11. The van der Waals surface area contributed by atoms with Gasteiger partial charge >= 0.3 is 0 Å². The van der Waals surface area contributed by atoms with Gasteiger partial charge in [0.25, 0.3) is 0 Å². The number of aryl methyl sites for hydroxylation is 2. The number of hydrogen-bond acceptors (Lipinski definition) is 2. The predicted octanol–water partition coefficient (Wildman–Crippen LogP) is 5.43. The van der Waals surface area contributed by atoms with Gasteiger partial charge in [0.15, 0.2) is 0 Å². The van der Waals surface area contributed by atoms with Crippen molar-refractivity contribution in [2.45, 2.75) is 20.8 Å². The van der Waals surface area contributed by atoms with Gasteiger partial charge in [-0.2, -0.15) is 0 Å². The zero-order valence-corrected chi connectivity index (χ0v) is 18.5. The Morgan fingerprint density at radius 3 is 2.74 bits per heavy atom. The van der Waals surface area contributed by atoms with E-state index in [0.29, 0.717) is 9.13 Å². The number of rotatable bonds is 0. The Morgan fingerprint density at radius 2 is 1.85 bits per heavy atom. The monoisotopic (exact) mass is 403 g/mol. The van der Waals surface area contributed by atoms with E-state index in [-0.39, 0.29) is 0 Å². The largest absolute Gasteiger partial charge is 0.354 e. The molecule has 0 unspecified atom stereocenters. The molecule has 0 bridgehead atoms. The molecule has 134 valence electrons. The van der Waals surface area contributed by atoms with Gasteiger partial charge in [0.2, 0.25) is 0 Å². The van der Waals surface area contributed by atoms with Crippen LogP contribution in [0.25, 0.3) is 26.7 Å². The first-order chi connectivity index (χ1) is 13.1. The molecule has 0 radical (unpaired) electrons. The van der Waals surface area contributed by atoms with Gasteiger partial charge in [0, 0.05) is 41.8 Å². The van der Waals surface area contributed by atoms with Crippen LogP contribution in [0.15, 0.2) is 53.1 Å². The molecule has 2 aliphatic rings. The fourth-order valence-electron chi connectivity index (χ4n) is 3.93. The van der Waals surface area contributed by atoms with Crippen LogP contribution in [0.2, 0.25) is 0 Å². The Morgan fingerprint density at radius 1 is 1.00 bits per heavy atom. The number of fused-ring (bicyclic) bond motifs is 5. The average Bonchev–Trinajstić information content (AvgIpc) is 3.41. The van der Waals surface area contributed by atoms with Gasteiger partial charge < -0.3 is 4.98 Å². The van der Waals surface area contributed by atoms with E-state index in [9.17, 15) is 0 Å². The molecule has 0 amide bonds. The fraction of sp³-hybridized carbons (Fsp3) is 0.174. The van der Waals surface area contributed by atoms with Crippen molar-refractivity contribution in [1.82, 2.24) is 4.98 Å². The molecule has 0 saturated carbocycles. The Kier molecular flexibility index (Phi) is 4.23. The van der Waals surface area contributed by atoms with Crippen LogP contribution in [-0.4, -0.2) is 19.9 Å². The molecular formula is C23H21NS2Si. The minimum Gasteiger partial charge on any atom is -0.354 e. The highest BCUT2D eigenvalue weighted by atomic mass is 32.2. The molecule has 27 heavy (non-hydrogen) atoms. The van der Waals surface area contributed by atoms with Crippen molar-refractivity contribution in [3.63, 3.8) is 0 Å². The first kappa shape index (κ1) is 17.2. The molecule has 0 aliphatic carbocycles. The number of hydrogen-bond donors (Lipinski definition) is 1. The lowest BCUT2D eigenvalue weighted by atomic mass is 10.00. The number of thioether (sulfide) groups is 1. The summed E-state index contributed by atoms with van der Waals surface area (Å²) in [5.41, 5.74) is 6.63. The van der Waals surface area contributed by atoms with Crippen LogP contribution in [0.5, 0.6) is 0 Å². The van der Waals surface area contributed by atoms with E-state index in [1.807, 2.05) is 23.1 Å². The number of aromatic nitrogens is 1. The molecular weight excluding hydrogens is 382 g/mol. The number of H-pyrrole nitrogens is 1. The van der Waals surface area contributed by atoms with E-state index in [1.54, 1.807) is 19.4 Å². The maximum absolute atomic E-state index is 3.51. The van der Waals surface area contributed by atoms with E-state index in [4.69, 9.17) is 0 Å². The fourth-order valence-corrected chi connectivity index (χ4v) is 8.44. The summed E-state index contributed by atoms with van der Waals surface area (Å²) in [6.45, 7) is 6.57. The third kappa shape index (κ3) is 2.78. The van der Waals surface area contributed by atoms with Crippen LogP contribution in [0, 0.1) is 24.9 Å². The minimum atomic E-state index is 0.472. The van der Waals surface area contributed by atoms with E-state index in [2.05, 4.69) is 73.6 Å². The van der Waals surface area contributed by atoms with Gasteiger partial charge in [-0.05, 0) is 66.2 Å². The number of para-hydroxylation sites is 1. The van der Waals surface area contributed by atoms with Crippen molar-refractivity contribution in [3.8, 4) is 0 Å². The lowest BCUT2D eigenvalue weighted by molar-refractivity contribution is 1.28. The molecule has 4 heteroatoms. The molecule has 2 aliphatic heterocycles. The lowest BCUT2D eigenvalue weighted by Crippen LogP contribution is -1.94. The molecule has 0 atom stereocenters. The van der Waals surface area contributed by atoms with Gasteiger partial charge in [0.1, 0.15) is 0 Å². The smallest absolute Gasteiger partial charge is 0.0535 e. The van der Waals surface area contributed by atoms with Crippen molar-refractivity contribution in [1.29, 1.82) is 0 Å². The van der Waals surface area contributed by atoms with Crippen molar-refractivity contribution in [2.24, 2.45) is 0 Å². The van der Waals surface area contributed by atoms with Crippen LogP contribution in [-0.2, 0) is 0 Å². The molecule has 0 saturated heterocycles. The summed E-state index contributed by atoms with van der Waals surface area (Å²) < 4.78 is 1.65. The van der Waals surface area contributed by atoms with Gasteiger partial charge in [0.05, 0.1) is 9.13 Å². The highest BCUT2D eigenvalue weighted by molar-refractivity contribution is 8.08. The van der Waals surface area contributed by atoms with E-state index < -0.39 is 0 Å². The van der Waals surface area contributed by atoms with Gasteiger partial charge in [-0.25, -0.2) is 0 Å². The average molecular weight is 404 g/mol. The SMILES string of the molecule is C1=C2[SiH]=c3sccc3=C2SC1.Cc1cc2c([nH]c3ccccc32)c(C)c1C. The van der Waals surface area contributed by atoms with Crippen LogP contribution >= 0.6 is 23.1 Å². The summed E-state index contributed by atoms with van der Waals surface area (Å²) in [6.07, 6.45) is 2.40. The summed E-state index contributed by atoms with van der Waals surface area (Å²) in [4.78, 5) is 5.11. The molecule has 0 fully saturated rings. The van der Waals surface area contributed by atoms with Crippen molar-refractivity contribution in [2.75, 3.05) is 5.75 Å². The van der Waals surface area contributed by atoms with Crippen molar-refractivity contribution in [3.05, 3.63) is 79.1 Å². The molecule has 1 nitrogen and oxygen atoms in total. The van der Waals surface area contributed by atoms with Gasteiger partial charge in [-0.15, -0.1) is 23.1 Å². The Bertz CT molecular complexity index is 1350. The van der Waals surface area contributed by atoms with Crippen LogP contribution in [0.1, 0.15) is 16.7 Å². The van der Waals surface area contributed by atoms with Crippen LogP contribution in [0.4, 0.5) is 0 Å². The van der Waals surface area contributed by atoms with Gasteiger partial charge in [-0.3, -0.25) is 0 Å². The van der Waals surface area contributed by atoms with E-state index >= 15 is 0 Å². The minimum absolute atomic E-state index is 0.472. The molecule has 4 heterocycles. The van der Waals surface area contributed by atoms with Crippen molar-refractivity contribution < 1.29 is 0 Å². The van der Waals surface area contributed by atoms with Crippen molar-refractivity contribution >= 4 is 58.9 Å².